The third-order valence-electron chi connectivity index (χ3n) is 5.06. The van der Waals surface area contributed by atoms with Crippen LogP contribution in [-0.2, 0) is 14.3 Å². The molecule has 0 saturated heterocycles. The van der Waals surface area contributed by atoms with E-state index in [0.717, 1.165) is 5.56 Å². The van der Waals surface area contributed by atoms with Gasteiger partial charge in [0.2, 0.25) is 0 Å². The molecule has 1 amide bonds. The van der Waals surface area contributed by atoms with E-state index in [1.54, 1.807) is 48.5 Å². The van der Waals surface area contributed by atoms with Crippen molar-refractivity contribution in [2.24, 2.45) is 0 Å². The van der Waals surface area contributed by atoms with Gasteiger partial charge in [0.25, 0.3) is 0 Å². The number of aromatic hydroxyl groups is 1. The number of para-hydroxylation sites is 1. The van der Waals surface area contributed by atoms with Crippen molar-refractivity contribution < 1.29 is 28.9 Å². The molecule has 0 heterocycles. The molecular formula is C26H25Br2NO6S. The molecule has 36 heavy (non-hydrogen) atoms. The first-order chi connectivity index (χ1) is 17.3. The molecule has 0 spiro atoms. The van der Waals surface area contributed by atoms with Gasteiger partial charge in [-0.25, -0.2) is 4.79 Å². The average Bonchev–Trinajstić information content (AvgIpc) is 2.86. The first-order valence-electron chi connectivity index (χ1n) is 11.0. The molecule has 2 atom stereocenters. The normalized spacial score (nSPS) is 12.3. The number of carbonyl (C=O) groups is 2. The molecule has 3 rings (SSSR count). The zero-order chi connectivity index (χ0) is 26.1. The van der Waals surface area contributed by atoms with Gasteiger partial charge >= 0.3 is 12.1 Å². The largest absolute Gasteiger partial charge is 0.506 e. The van der Waals surface area contributed by atoms with Gasteiger partial charge in [0.15, 0.2) is 6.10 Å². The van der Waals surface area contributed by atoms with E-state index < -0.39 is 24.3 Å². The summed E-state index contributed by atoms with van der Waals surface area (Å²) >= 11 is 10.7. The van der Waals surface area contributed by atoms with Gasteiger partial charge < -0.3 is 19.3 Å². The second-order valence-electron chi connectivity index (χ2n) is 7.78. The summed E-state index contributed by atoms with van der Waals surface area (Å²) in [6.45, 7) is 1.93. The van der Waals surface area contributed by atoms with Crippen molar-refractivity contribution in [1.82, 2.24) is 0 Å². The van der Waals surface area contributed by atoms with Crippen molar-refractivity contribution >= 4 is 62.2 Å². The highest BCUT2D eigenvalue weighted by Crippen LogP contribution is 2.39. The Morgan fingerprint density at radius 2 is 1.75 bits per heavy atom. The maximum absolute atomic E-state index is 13.0. The van der Waals surface area contributed by atoms with Crippen LogP contribution in [0.5, 0.6) is 11.5 Å². The Hall–Kier alpha value is -2.69. The van der Waals surface area contributed by atoms with E-state index in [1.165, 1.54) is 0 Å². The minimum atomic E-state index is -1.07. The van der Waals surface area contributed by atoms with E-state index in [4.69, 9.17) is 14.2 Å². The Bertz CT molecular complexity index is 1180. The van der Waals surface area contributed by atoms with Gasteiger partial charge in [-0.05, 0) is 59.3 Å². The third kappa shape index (κ3) is 8.18. The van der Waals surface area contributed by atoms with Gasteiger partial charge in [-0.2, -0.15) is 12.6 Å². The van der Waals surface area contributed by atoms with Crippen LogP contribution in [0.25, 0.3) is 0 Å². The number of amides is 1. The van der Waals surface area contributed by atoms with Crippen molar-refractivity contribution in [3.8, 4) is 11.5 Å². The topological polar surface area (TPSA) is 94.1 Å². The number of carbonyl (C=O) groups excluding carboxylic acids is 2. The predicted octanol–water partition coefficient (Wildman–Crippen LogP) is 6.83. The van der Waals surface area contributed by atoms with Gasteiger partial charge in [0, 0.05) is 22.1 Å². The maximum Gasteiger partial charge on any atom is 0.412 e. The SMILES string of the molecule is Cc1ccc(NC(=O)O[C@H](c2cc(Br)cc(Br)c2O)[C@@H](CCOC(=O)CS)Oc2ccccc2)cc1. The molecule has 0 aliphatic carbocycles. The van der Waals surface area contributed by atoms with E-state index in [1.807, 2.05) is 25.1 Å². The second kappa shape index (κ2) is 13.6. The summed E-state index contributed by atoms with van der Waals surface area (Å²) in [4.78, 5) is 24.6. The number of halogens is 2. The van der Waals surface area contributed by atoms with Crippen LogP contribution in [0.1, 0.15) is 23.7 Å². The van der Waals surface area contributed by atoms with Gasteiger partial charge in [-0.3, -0.25) is 10.1 Å². The van der Waals surface area contributed by atoms with Crippen LogP contribution >= 0.6 is 44.5 Å². The molecule has 10 heteroatoms. The molecule has 3 aromatic carbocycles. The number of hydrogen-bond donors (Lipinski definition) is 3. The molecule has 0 aliphatic heterocycles. The fourth-order valence-corrected chi connectivity index (χ4v) is 4.67. The number of nitrogens with one attached hydrogen (secondary N) is 1. The van der Waals surface area contributed by atoms with Crippen LogP contribution in [0.2, 0.25) is 0 Å². The number of esters is 1. The molecule has 0 aromatic heterocycles. The number of rotatable bonds is 10. The number of ether oxygens (including phenoxy) is 3. The number of anilines is 1. The maximum atomic E-state index is 13.0. The number of phenolic OH excluding ortho intramolecular Hbond substituents is 1. The van der Waals surface area contributed by atoms with Gasteiger partial charge in [0.1, 0.15) is 17.6 Å². The predicted molar refractivity (Wildman–Crippen MR) is 148 cm³/mol. The summed E-state index contributed by atoms with van der Waals surface area (Å²) in [5, 5.41) is 13.6. The summed E-state index contributed by atoms with van der Waals surface area (Å²) in [6, 6.07) is 19.5. The quantitative estimate of drug-likeness (QED) is 0.167. The Morgan fingerprint density at radius 1 is 1.06 bits per heavy atom. The Kier molecular flexibility index (Phi) is 10.5. The number of benzene rings is 3. The summed E-state index contributed by atoms with van der Waals surface area (Å²) in [5.74, 6) is -0.147. The van der Waals surface area contributed by atoms with E-state index in [-0.39, 0.29) is 24.5 Å². The molecule has 0 saturated carbocycles. The van der Waals surface area contributed by atoms with Crippen LogP contribution in [0.3, 0.4) is 0 Å². The lowest BCUT2D eigenvalue weighted by atomic mass is 10.0. The lowest BCUT2D eigenvalue weighted by Crippen LogP contribution is -2.32. The van der Waals surface area contributed by atoms with E-state index in [9.17, 15) is 14.7 Å². The van der Waals surface area contributed by atoms with Crippen molar-refractivity contribution in [1.29, 1.82) is 0 Å². The zero-order valence-electron chi connectivity index (χ0n) is 19.3. The minimum Gasteiger partial charge on any atom is -0.506 e. The molecule has 0 unspecified atom stereocenters. The average molecular weight is 639 g/mol. The van der Waals surface area contributed by atoms with Crippen LogP contribution in [0.4, 0.5) is 10.5 Å². The number of phenols is 1. The van der Waals surface area contributed by atoms with Crippen LogP contribution < -0.4 is 10.1 Å². The highest BCUT2D eigenvalue weighted by Gasteiger charge is 2.32. The first kappa shape index (κ1) is 27.9. The standard InChI is InChI=1S/C26H25Br2NO6S/c1-16-7-9-18(10-8-16)29-26(32)35-25(20-13-17(27)14-21(28)24(20)31)22(11-12-33-23(30)15-36)34-19-5-3-2-4-6-19/h2-10,13-14,22,25,31,36H,11-12,15H2,1H3,(H,29,32)/t22-,25-/m1/s1. The van der Waals surface area contributed by atoms with Crippen molar-refractivity contribution in [3.63, 3.8) is 0 Å². The monoisotopic (exact) mass is 637 g/mol. The molecule has 0 fully saturated rings. The highest BCUT2D eigenvalue weighted by atomic mass is 79.9. The van der Waals surface area contributed by atoms with Crippen LogP contribution in [0.15, 0.2) is 75.7 Å². The smallest absolute Gasteiger partial charge is 0.412 e. The minimum absolute atomic E-state index is 0.00767. The van der Waals surface area contributed by atoms with Gasteiger partial charge in [0.05, 0.1) is 16.8 Å². The van der Waals surface area contributed by atoms with Gasteiger partial charge in [-0.1, -0.05) is 51.8 Å². The summed E-state index contributed by atoms with van der Waals surface area (Å²) in [7, 11) is 0. The van der Waals surface area contributed by atoms with Gasteiger partial charge in [-0.15, -0.1) is 0 Å². The zero-order valence-corrected chi connectivity index (χ0v) is 23.4. The first-order valence-corrected chi connectivity index (χ1v) is 13.2. The second-order valence-corrected chi connectivity index (χ2v) is 9.87. The lowest BCUT2D eigenvalue weighted by molar-refractivity contribution is -0.141. The molecule has 3 aromatic rings. The summed E-state index contributed by atoms with van der Waals surface area (Å²) < 4.78 is 18.3. The Labute approximate surface area is 231 Å². The molecule has 190 valence electrons. The van der Waals surface area contributed by atoms with E-state index in [2.05, 4.69) is 49.8 Å². The number of thiol groups is 1. The fourth-order valence-electron chi connectivity index (χ4n) is 3.32. The summed E-state index contributed by atoms with van der Waals surface area (Å²) in [5.41, 5.74) is 1.90. The van der Waals surface area contributed by atoms with E-state index in [0.29, 0.717) is 25.9 Å². The molecule has 0 bridgehead atoms. The molecule has 2 N–H and O–H groups in total. The Morgan fingerprint density at radius 3 is 2.42 bits per heavy atom. The lowest BCUT2D eigenvalue weighted by Gasteiger charge is -2.29. The van der Waals surface area contributed by atoms with Crippen molar-refractivity contribution in [2.45, 2.75) is 25.6 Å². The third-order valence-corrected chi connectivity index (χ3v) is 6.38. The van der Waals surface area contributed by atoms with E-state index >= 15 is 0 Å². The fraction of sp³-hybridized carbons (Fsp3) is 0.231. The molecule has 0 radical (unpaired) electrons. The van der Waals surface area contributed by atoms with Crippen LogP contribution in [0, 0.1) is 6.92 Å². The molecular weight excluding hydrogens is 614 g/mol. The van der Waals surface area contributed by atoms with Crippen molar-refractivity contribution in [3.05, 3.63) is 86.8 Å². The Balaban J connectivity index is 1.95. The summed E-state index contributed by atoms with van der Waals surface area (Å²) in [6.07, 6.45) is -2.47. The van der Waals surface area contributed by atoms with Crippen molar-refractivity contribution in [2.75, 3.05) is 17.7 Å². The molecule has 0 aliphatic rings. The number of aryl methyl sites for hydroxylation is 1. The molecule has 7 nitrogen and oxygen atoms in total. The van der Waals surface area contributed by atoms with Crippen LogP contribution in [-0.4, -0.2) is 35.6 Å². The highest BCUT2D eigenvalue weighted by molar-refractivity contribution is 9.11. The number of hydrogen-bond acceptors (Lipinski definition) is 7.